The van der Waals surface area contributed by atoms with Gasteiger partial charge in [-0.2, -0.15) is 0 Å². The summed E-state index contributed by atoms with van der Waals surface area (Å²) in [7, 11) is 0. The fraction of sp³-hybridized carbons (Fsp3) is 0.571. The first kappa shape index (κ1) is 22.4. The van der Waals surface area contributed by atoms with E-state index in [2.05, 4.69) is 13.5 Å². The Morgan fingerprint density at radius 3 is 2.52 bits per heavy atom. The Hall–Kier alpha value is -1.77. The molecule has 2 aromatic rings. The van der Waals surface area contributed by atoms with E-state index in [1.165, 1.54) is 38.5 Å². The van der Waals surface area contributed by atoms with Gasteiger partial charge in [-0.25, -0.2) is 13.2 Å². The van der Waals surface area contributed by atoms with E-state index in [0.29, 0.717) is 35.3 Å². The lowest BCUT2D eigenvalue weighted by atomic mass is 9.63. The lowest BCUT2D eigenvalue weighted by Gasteiger charge is -2.42. The summed E-state index contributed by atoms with van der Waals surface area (Å²) in [4.78, 5) is 0. The second kappa shape index (κ2) is 9.79. The Kier molecular flexibility index (Phi) is 7.08. The first-order valence-electron chi connectivity index (χ1n) is 12.2. The summed E-state index contributed by atoms with van der Waals surface area (Å²) < 4.78 is 45.1. The van der Waals surface area contributed by atoms with Crippen molar-refractivity contribution in [2.75, 3.05) is 0 Å². The van der Waals surface area contributed by atoms with E-state index in [4.69, 9.17) is 0 Å². The second-order valence-corrected chi connectivity index (χ2v) is 9.91. The Morgan fingerprint density at radius 2 is 1.74 bits per heavy atom. The monoisotopic (exact) mass is 428 g/mol. The van der Waals surface area contributed by atoms with Gasteiger partial charge in [-0.3, -0.25) is 0 Å². The molecule has 0 nitrogen and oxygen atoms in total. The highest BCUT2D eigenvalue weighted by molar-refractivity contribution is 5.85. The van der Waals surface area contributed by atoms with Crippen LogP contribution in [0.5, 0.6) is 0 Å². The molecule has 31 heavy (non-hydrogen) atoms. The third-order valence-corrected chi connectivity index (χ3v) is 7.98. The van der Waals surface area contributed by atoms with Gasteiger partial charge in [0.05, 0.1) is 5.39 Å². The number of hydrogen-bond donors (Lipinski definition) is 0. The van der Waals surface area contributed by atoms with Gasteiger partial charge in [0, 0.05) is 0 Å². The van der Waals surface area contributed by atoms with Crippen LogP contribution < -0.4 is 0 Å². The number of rotatable bonds is 7. The largest absolute Gasteiger partial charge is 0.206 e. The van der Waals surface area contributed by atoms with Crippen molar-refractivity contribution >= 4 is 10.8 Å². The van der Waals surface area contributed by atoms with Crippen LogP contribution in [-0.4, -0.2) is 0 Å². The van der Waals surface area contributed by atoms with Gasteiger partial charge in [0.15, 0.2) is 11.6 Å². The molecule has 0 aliphatic heterocycles. The molecule has 2 unspecified atom stereocenters. The van der Waals surface area contributed by atoms with Crippen molar-refractivity contribution < 1.29 is 13.2 Å². The van der Waals surface area contributed by atoms with E-state index < -0.39 is 17.5 Å². The molecular formula is C28H35F3. The minimum Gasteiger partial charge on any atom is -0.206 e. The van der Waals surface area contributed by atoms with Gasteiger partial charge in [-0.1, -0.05) is 50.8 Å². The number of halogens is 3. The highest BCUT2D eigenvalue weighted by Crippen LogP contribution is 2.49. The van der Waals surface area contributed by atoms with Crippen molar-refractivity contribution in [1.82, 2.24) is 0 Å². The Labute approximate surface area is 184 Å². The molecule has 2 aromatic carbocycles. The minimum absolute atomic E-state index is 0.0378. The lowest BCUT2D eigenvalue weighted by molar-refractivity contribution is 0.112. The number of benzene rings is 2. The van der Waals surface area contributed by atoms with Crippen LogP contribution in [0, 0.1) is 35.2 Å². The van der Waals surface area contributed by atoms with Gasteiger partial charge in [0.1, 0.15) is 5.82 Å². The zero-order valence-corrected chi connectivity index (χ0v) is 18.7. The predicted octanol–water partition coefficient (Wildman–Crippen LogP) is 8.87. The highest BCUT2D eigenvalue weighted by atomic mass is 19.2. The molecule has 0 spiro atoms. The molecule has 2 aliphatic rings. The normalized spacial score (nSPS) is 26.1. The predicted molar refractivity (Wildman–Crippen MR) is 123 cm³/mol. The summed E-state index contributed by atoms with van der Waals surface area (Å²) in [5.74, 6) is -0.237. The van der Waals surface area contributed by atoms with E-state index in [9.17, 15) is 4.39 Å². The van der Waals surface area contributed by atoms with Crippen molar-refractivity contribution in [2.45, 2.75) is 83.5 Å². The molecule has 2 saturated carbocycles. The topological polar surface area (TPSA) is 0 Å². The van der Waals surface area contributed by atoms with Gasteiger partial charge in [0.25, 0.3) is 0 Å². The molecule has 0 amide bonds. The number of aryl methyl sites for hydroxylation is 1. The maximum Gasteiger partial charge on any atom is 0.169 e. The summed E-state index contributed by atoms with van der Waals surface area (Å²) in [5, 5.41) is 0.270. The second-order valence-electron chi connectivity index (χ2n) is 9.91. The van der Waals surface area contributed by atoms with Crippen molar-refractivity contribution in [1.29, 1.82) is 0 Å². The van der Waals surface area contributed by atoms with Crippen molar-refractivity contribution in [3.8, 4) is 0 Å². The van der Waals surface area contributed by atoms with Gasteiger partial charge < -0.3 is 0 Å². The maximum atomic E-state index is 15.1. The number of unbranched alkanes of at least 4 members (excludes halogenated alkanes) is 1. The smallest absolute Gasteiger partial charge is 0.169 e. The van der Waals surface area contributed by atoms with Gasteiger partial charge in [-0.05, 0) is 91.2 Å². The average Bonchev–Trinajstić information content (AvgIpc) is 2.79. The molecule has 4 atom stereocenters. The first-order valence-corrected chi connectivity index (χ1v) is 12.2. The average molecular weight is 429 g/mol. The van der Waals surface area contributed by atoms with Gasteiger partial charge >= 0.3 is 0 Å². The van der Waals surface area contributed by atoms with Crippen LogP contribution in [0.2, 0.25) is 0 Å². The Morgan fingerprint density at radius 1 is 0.968 bits per heavy atom. The van der Waals surface area contributed by atoms with Crippen LogP contribution in [0.1, 0.15) is 88.2 Å². The molecule has 4 rings (SSSR count). The van der Waals surface area contributed by atoms with Crippen LogP contribution in [0.4, 0.5) is 13.2 Å². The molecule has 168 valence electrons. The summed E-state index contributed by atoms with van der Waals surface area (Å²) in [6.45, 7) is 5.90. The summed E-state index contributed by atoms with van der Waals surface area (Å²) in [6, 6.07) is 5.16. The van der Waals surface area contributed by atoms with E-state index in [0.717, 1.165) is 31.1 Å². The molecule has 0 N–H and O–H groups in total. The van der Waals surface area contributed by atoms with E-state index in [1.807, 2.05) is 0 Å². The van der Waals surface area contributed by atoms with Crippen LogP contribution in [0.25, 0.3) is 10.8 Å². The Bertz CT molecular complexity index is 932. The maximum absolute atomic E-state index is 15.1. The molecular weight excluding hydrogens is 393 g/mol. The standard InChI is InChI=1S/C28H35F3/c1-3-5-7-18-9-10-21-16-22(13-12-20(21)15-18)24-17-23-14-11-19(8-6-4-2)26(29)25(23)28(31)27(24)30/h4,11,14,17-18,20-22H,2-3,5-10,12-13,15-16H2,1H3/t18?,20-,21?,22-/m1/s1. The number of fused-ring (bicyclic) bond motifs is 2. The van der Waals surface area contributed by atoms with E-state index in [-0.39, 0.29) is 11.3 Å². The molecule has 3 heteroatoms. The van der Waals surface area contributed by atoms with Crippen LogP contribution >= 0.6 is 0 Å². The van der Waals surface area contributed by atoms with Crippen molar-refractivity contribution in [2.24, 2.45) is 17.8 Å². The quantitative estimate of drug-likeness (QED) is 0.386. The third kappa shape index (κ3) is 4.56. The fourth-order valence-electron chi connectivity index (χ4n) is 6.22. The molecule has 2 aliphatic carbocycles. The molecule has 0 radical (unpaired) electrons. The summed E-state index contributed by atoms with van der Waals surface area (Å²) in [5.41, 5.74) is 0.869. The molecule has 2 fully saturated rings. The van der Waals surface area contributed by atoms with Gasteiger partial charge in [-0.15, -0.1) is 6.58 Å². The van der Waals surface area contributed by atoms with E-state index in [1.54, 1.807) is 24.3 Å². The molecule has 0 saturated heterocycles. The molecule has 0 heterocycles. The van der Waals surface area contributed by atoms with E-state index >= 15 is 8.78 Å². The van der Waals surface area contributed by atoms with Crippen molar-refractivity contribution in [3.63, 3.8) is 0 Å². The van der Waals surface area contributed by atoms with Crippen molar-refractivity contribution in [3.05, 3.63) is 59.4 Å². The Balaban J connectivity index is 1.55. The third-order valence-electron chi connectivity index (χ3n) is 7.98. The van der Waals surface area contributed by atoms with Crippen LogP contribution in [-0.2, 0) is 6.42 Å². The fourth-order valence-corrected chi connectivity index (χ4v) is 6.22. The van der Waals surface area contributed by atoms with Crippen LogP contribution in [0.15, 0.2) is 30.9 Å². The highest BCUT2D eigenvalue weighted by Gasteiger charge is 2.37. The number of allylic oxidation sites excluding steroid dienone is 1. The number of hydrogen-bond acceptors (Lipinski definition) is 0. The van der Waals surface area contributed by atoms with Crippen LogP contribution in [0.3, 0.4) is 0 Å². The minimum atomic E-state index is -1.02. The summed E-state index contributed by atoms with van der Waals surface area (Å²) >= 11 is 0. The lowest BCUT2D eigenvalue weighted by Crippen LogP contribution is -2.30. The van der Waals surface area contributed by atoms with Gasteiger partial charge in [0.2, 0.25) is 0 Å². The zero-order chi connectivity index (χ0) is 22.0. The zero-order valence-electron chi connectivity index (χ0n) is 18.7. The molecule has 0 bridgehead atoms. The first-order chi connectivity index (χ1) is 15.0. The summed E-state index contributed by atoms with van der Waals surface area (Å²) in [6.07, 6.45) is 13.4. The SMILES string of the molecule is C=CCCc1ccc2cc([C@@H]3CC[C@@H]4CC(CCCC)CCC4C3)c(F)c(F)c2c1F. The molecule has 0 aromatic heterocycles.